The van der Waals surface area contributed by atoms with Crippen LogP contribution in [0.5, 0.6) is 0 Å². The van der Waals surface area contributed by atoms with Crippen molar-refractivity contribution < 1.29 is 0 Å². The van der Waals surface area contributed by atoms with Gasteiger partial charge in [-0.15, -0.1) is 11.3 Å². The van der Waals surface area contributed by atoms with Gasteiger partial charge in [-0.05, 0) is 25.5 Å². The molecule has 3 nitrogen and oxygen atoms in total. The molecule has 1 aromatic rings. The molecule has 0 aliphatic carbocycles. The van der Waals surface area contributed by atoms with E-state index in [2.05, 4.69) is 30.3 Å². The van der Waals surface area contributed by atoms with E-state index in [-0.39, 0.29) is 0 Å². The van der Waals surface area contributed by atoms with Gasteiger partial charge in [-0.1, -0.05) is 0 Å². The Bertz CT molecular complexity index is 282. The van der Waals surface area contributed by atoms with Gasteiger partial charge in [0, 0.05) is 11.9 Å². The Morgan fingerprint density at radius 2 is 2.25 bits per heavy atom. The second-order valence-corrected chi connectivity index (χ2v) is 3.82. The van der Waals surface area contributed by atoms with Crippen molar-refractivity contribution >= 4 is 17.2 Å². The van der Waals surface area contributed by atoms with E-state index in [1.165, 1.54) is 10.4 Å². The lowest BCUT2D eigenvalue weighted by atomic mass is 10.3. The largest absolute Gasteiger partial charge is 0.308 e. The van der Waals surface area contributed by atoms with Gasteiger partial charge in [-0.25, -0.2) is 5.84 Å². The molecule has 0 spiro atoms. The van der Waals surface area contributed by atoms with Crippen LogP contribution in [0.25, 0.3) is 0 Å². The van der Waals surface area contributed by atoms with Crippen molar-refractivity contribution in [2.75, 3.05) is 7.05 Å². The maximum atomic E-state index is 5.30. The Hall–Kier alpha value is -0.870. The number of aryl methyl sites for hydroxylation is 2. The maximum Gasteiger partial charge on any atom is 0.152 e. The molecule has 0 amide bonds. The molecule has 0 fully saturated rings. The number of aliphatic imine (C=N–C) groups is 1. The predicted molar refractivity (Wildman–Crippen MR) is 53.6 cm³/mol. The minimum absolute atomic E-state index is 0.746. The van der Waals surface area contributed by atoms with Crippen molar-refractivity contribution in [3.63, 3.8) is 0 Å². The first-order valence-electron chi connectivity index (χ1n) is 3.70. The molecular weight excluding hydrogens is 170 g/mol. The molecule has 4 heteroatoms. The summed E-state index contributed by atoms with van der Waals surface area (Å²) in [7, 11) is 1.72. The van der Waals surface area contributed by atoms with Crippen LogP contribution in [0.1, 0.15) is 15.3 Å². The molecule has 0 bridgehead atoms. The van der Waals surface area contributed by atoms with Crippen molar-refractivity contribution in [3.8, 4) is 0 Å². The first-order valence-corrected chi connectivity index (χ1v) is 4.51. The van der Waals surface area contributed by atoms with Gasteiger partial charge >= 0.3 is 0 Å². The molecule has 1 aromatic heterocycles. The van der Waals surface area contributed by atoms with Crippen LogP contribution in [0, 0.1) is 13.8 Å². The highest BCUT2D eigenvalue weighted by Gasteiger charge is 2.05. The first-order chi connectivity index (χ1) is 5.69. The van der Waals surface area contributed by atoms with E-state index in [0.717, 1.165) is 10.7 Å². The normalized spacial score (nSPS) is 11.8. The van der Waals surface area contributed by atoms with Crippen LogP contribution >= 0.6 is 11.3 Å². The molecule has 0 aromatic carbocycles. The molecule has 0 radical (unpaired) electrons. The smallest absolute Gasteiger partial charge is 0.152 e. The van der Waals surface area contributed by atoms with E-state index in [1.54, 1.807) is 18.4 Å². The second kappa shape index (κ2) is 3.69. The number of hydrazine groups is 1. The fraction of sp³-hybridized carbons (Fsp3) is 0.375. The molecule has 0 atom stereocenters. The van der Waals surface area contributed by atoms with Gasteiger partial charge < -0.3 is 5.43 Å². The Morgan fingerprint density at radius 3 is 2.58 bits per heavy atom. The van der Waals surface area contributed by atoms with E-state index in [4.69, 9.17) is 5.84 Å². The minimum atomic E-state index is 0.746. The highest BCUT2D eigenvalue weighted by atomic mass is 32.1. The second-order valence-electron chi connectivity index (χ2n) is 2.57. The molecule has 12 heavy (non-hydrogen) atoms. The summed E-state index contributed by atoms with van der Waals surface area (Å²) in [5.74, 6) is 6.05. The van der Waals surface area contributed by atoms with Gasteiger partial charge in [0.1, 0.15) is 0 Å². The fourth-order valence-corrected chi connectivity index (χ4v) is 1.97. The van der Waals surface area contributed by atoms with Crippen LogP contribution in [0.15, 0.2) is 11.1 Å². The van der Waals surface area contributed by atoms with Crippen molar-refractivity contribution in [2.24, 2.45) is 10.8 Å². The fourth-order valence-electron chi connectivity index (χ4n) is 0.936. The van der Waals surface area contributed by atoms with E-state index >= 15 is 0 Å². The number of nitrogens with two attached hydrogens (primary N) is 1. The molecule has 1 rings (SSSR count). The summed E-state index contributed by atoms with van der Waals surface area (Å²) < 4.78 is 0. The van der Waals surface area contributed by atoms with Crippen LogP contribution in [0.2, 0.25) is 0 Å². The van der Waals surface area contributed by atoms with E-state index in [9.17, 15) is 0 Å². The number of hydrogen-bond acceptors (Lipinski definition) is 3. The summed E-state index contributed by atoms with van der Waals surface area (Å²) in [6, 6.07) is 2.09. The summed E-state index contributed by atoms with van der Waals surface area (Å²) in [4.78, 5) is 6.42. The zero-order chi connectivity index (χ0) is 9.14. The average Bonchev–Trinajstić information content (AvgIpc) is 2.35. The molecular formula is C8H13N3S. The monoisotopic (exact) mass is 183 g/mol. The molecule has 0 saturated carbocycles. The van der Waals surface area contributed by atoms with Gasteiger partial charge in [-0.2, -0.15) is 0 Å². The molecule has 0 unspecified atom stereocenters. The highest BCUT2D eigenvalue weighted by Crippen LogP contribution is 2.20. The summed E-state index contributed by atoms with van der Waals surface area (Å²) in [5, 5.41) is 0. The van der Waals surface area contributed by atoms with Gasteiger partial charge in [0.2, 0.25) is 0 Å². The zero-order valence-corrected chi connectivity index (χ0v) is 8.33. The minimum Gasteiger partial charge on any atom is -0.308 e. The summed E-state index contributed by atoms with van der Waals surface area (Å²) >= 11 is 1.70. The number of nitrogens with one attached hydrogen (secondary N) is 1. The van der Waals surface area contributed by atoms with E-state index in [1.807, 2.05) is 0 Å². The highest BCUT2D eigenvalue weighted by molar-refractivity contribution is 7.14. The van der Waals surface area contributed by atoms with E-state index in [0.29, 0.717) is 0 Å². The number of hydrogen-bond donors (Lipinski definition) is 2. The van der Waals surface area contributed by atoms with Crippen LogP contribution in [-0.2, 0) is 0 Å². The lowest BCUT2D eigenvalue weighted by Gasteiger charge is -1.98. The van der Waals surface area contributed by atoms with Gasteiger partial charge in [0.05, 0.1) is 4.88 Å². The van der Waals surface area contributed by atoms with Crippen LogP contribution in [0.4, 0.5) is 0 Å². The van der Waals surface area contributed by atoms with Gasteiger partial charge in [0.15, 0.2) is 5.84 Å². The van der Waals surface area contributed by atoms with Crippen molar-refractivity contribution in [1.82, 2.24) is 5.43 Å². The Morgan fingerprint density at radius 1 is 1.58 bits per heavy atom. The SMILES string of the molecule is CN=C(NN)c1cc(C)c(C)s1. The van der Waals surface area contributed by atoms with Crippen molar-refractivity contribution in [3.05, 3.63) is 21.4 Å². The van der Waals surface area contributed by atoms with Gasteiger partial charge in [-0.3, -0.25) is 4.99 Å². The number of rotatable bonds is 1. The lowest BCUT2D eigenvalue weighted by Crippen LogP contribution is -2.30. The molecule has 0 saturated heterocycles. The maximum absolute atomic E-state index is 5.30. The molecule has 0 aliphatic heterocycles. The number of nitrogens with zero attached hydrogens (tertiary/aromatic N) is 1. The van der Waals surface area contributed by atoms with Crippen LogP contribution in [0.3, 0.4) is 0 Å². The average molecular weight is 183 g/mol. The molecule has 66 valence electrons. The Labute approximate surface area is 76.3 Å². The first kappa shape index (κ1) is 9.22. The number of thiophene rings is 1. The molecule has 1 heterocycles. The third-order valence-corrected chi connectivity index (χ3v) is 2.92. The summed E-state index contributed by atoms with van der Waals surface area (Å²) in [6.45, 7) is 4.17. The van der Waals surface area contributed by atoms with Crippen LogP contribution in [-0.4, -0.2) is 12.9 Å². The third-order valence-electron chi connectivity index (χ3n) is 1.76. The third kappa shape index (κ3) is 1.65. The Balaban J connectivity index is 3.03. The van der Waals surface area contributed by atoms with Crippen molar-refractivity contribution in [1.29, 1.82) is 0 Å². The quantitative estimate of drug-likeness (QED) is 0.297. The predicted octanol–water partition coefficient (Wildman–Crippen LogP) is 1.20. The Kier molecular flexibility index (Phi) is 2.83. The van der Waals surface area contributed by atoms with E-state index < -0.39 is 0 Å². The molecule has 0 aliphatic rings. The molecule has 3 N–H and O–H groups in total. The summed E-state index contributed by atoms with van der Waals surface area (Å²) in [5.41, 5.74) is 3.85. The van der Waals surface area contributed by atoms with Crippen LogP contribution < -0.4 is 11.3 Å². The number of amidine groups is 1. The lowest BCUT2D eigenvalue weighted by molar-refractivity contribution is 1.02. The van der Waals surface area contributed by atoms with Gasteiger partial charge in [0.25, 0.3) is 0 Å². The topological polar surface area (TPSA) is 50.4 Å². The zero-order valence-electron chi connectivity index (χ0n) is 7.51. The standard InChI is InChI=1S/C8H13N3S/c1-5-4-7(12-6(5)2)8(10-3)11-9/h4H,9H2,1-3H3,(H,10,11). The van der Waals surface area contributed by atoms with Crippen molar-refractivity contribution in [2.45, 2.75) is 13.8 Å². The summed E-state index contributed by atoms with van der Waals surface area (Å²) in [6.07, 6.45) is 0.